The van der Waals surface area contributed by atoms with Crippen LogP contribution in [0, 0.1) is 5.92 Å². The van der Waals surface area contributed by atoms with Gasteiger partial charge in [0.2, 0.25) is 0 Å². The van der Waals surface area contributed by atoms with Gasteiger partial charge in [-0.3, -0.25) is 0 Å². The molecular formula is C11H14ClN. The Labute approximate surface area is 84.1 Å². The summed E-state index contributed by atoms with van der Waals surface area (Å²) in [4.78, 5) is 0. The molecule has 2 rings (SSSR count). The van der Waals surface area contributed by atoms with Crippen molar-refractivity contribution in [1.82, 2.24) is 0 Å². The van der Waals surface area contributed by atoms with Crippen LogP contribution in [0.2, 0.25) is 5.02 Å². The fraction of sp³-hybridized carbons (Fsp3) is 0.455. The topological polar surface area (TPSA) is 12.0 Å². The average Bonchev–Trinajstić information content (AvgIpc) is 2.25. The Bertz CT molecular complexity index is 309. The number of rotatable bonds is 0. The number of nitrogens with one attached hydrogen (secondary N) is 1. The maximum atomic E-state index is 5.95. The van der Waals surface area contributed by atoms with Gasteiger partial charge in [0.05, 0.1) is 0 Å². The van der Waals surface area contributed by atoms with Gasteiger partial charge in [-0.2, -0.15) is 0 Å². The molecule has 0 aliphatic carbocycles. The molecule has 1 aliphatic heterocycles. The monoisotopic (exact) mass is 195 g/mol. The third kappa shape index (κ3) is 1.97. The average molecular weight is 196 g/mol. The molecule has 0 fully saturated rings. The van der Waals surface area contributed by atoms with Crippen molar-refractivity contribution in [1.29, 1.82) is 0 Å². The van der Waals surface area contributed by atoms with Crippen LogP contribution in [0.1, 0.15) is 18.9 Å². The number of hydrogen-bond donors (Lipinski definition) is 1. The molecule has 0 radical (unpaired) electrons. The molecule has 1 atom stereocenters. The summed E-state index contributed by atoms with van der Waals surface area (Å²) in [5.74, 6) is 0.757. The molecule has 13 heavy (non-hydrogen) atoms. The van der Waals surface area contributed by atoms with Gasteiger partial charge in [0.25, 0.3) is 0 Å². The first kappa shape index (κ1) is 8.89. The van der Waals surface area contributed by atoms with Crippen LogP contribution in [0.15, 0.2) is 18.2 Å². The second-order valence-electron chi connectivity index (χ2n) is 3.83. The fourth-order valence-corrected chi connectivity index (χ4v) is 2.03. The molecule has 1 heterocycles. The molecular weight excluding hydrogens is 182 g/mol. The highest BCUT2D eigenvalue weighted by molar-refractivity contribution is 6.30. The summed E-state index contributed by atoms with van der Waals surface area (Å²) < 4.78 is 0. The van der Waals surface area contributed by atoms with Crippen molar-refractivity contribution in [3.63, 3.8) is 0 Å². The third-order valence-corrected chi connectivity index (χ3v) is 2.82. The van der Waals surface area contributed by atoms with Crippen molar-refractivity contribution in [3.05, 3.63) is 28.8 Å². The lowest BCUT2D eigenvalue weighted by molar-refractivity contribution is 0.558. The summed E-state index contributed by atoms with van der Waals surface area (Å²) in [6.07, 6.45) is 2.38. The summed E-state index contributed by atoms with van der Waals surface area (Å²) in [6.45, 7) is 3.37. The van der Waals surface area contributed by atoms with Crippen LogP contribution in [0.25, 0.3) is 0 Å². The van der Waals surface area contributed by atoms with Crippen LogP contribution in [0.3, 0.4) is 0 Å². The maximum absolute atomic E-state index is 5.95. The highest BCUT2D eigenvalue weighted by Crippen LogP contribution is 2.26. The van der Waals surface area contributed by atoms with Gasteiger partial charge in [-0.15, -0.1) is 0 Å². The van der Waals surface area contributed by atoms with E-state index in [1.165, 1.54) is 17.7 Å². The van der Waals surface area contributed by atoms with E-state index in [0.29, 0.717) is 0 Å². The predicted molar refractivity (Wildman–Crippen MR) is 57.4 cm³/mol. The lowest BCUT2D eigenvalue weighted by atomic mass is 9.99. The van der Waals surface area contributed by atoms with Crippen LogP contribution in [-0.2, 0) is 6.42 Å². The molecule has 1 unspecified atom stereocenters. The standard InChI is InChI=1S/C11H14ClN/c1-8-4-5-13-11-3-2-10(12)7-9(11)6-8/h2-3,7-8,13H,4-6H2,1H3. The zero-order valence-electron chi connectivity index (χ0n) is 7.81. The summed E-state index contributed by atoms with van der Waals surface area (Å²) in [6, 6.07) is 6.10. The Kier molecular flexibility index (Phi) is 2.45. The number of hydrogen-bond acceptors (Lipinski definition) is 1. The highest BCUT2D eigenvalue weighted by Gasteiger charge is 2.12. The van der Waals surface area contributed by atoms with E-state index in [0.717, 1.165) is 23.9 Å². The molecule has 1 aliphatic rings. The summed E-state index contributed by atoms with van der Waals surface area (Å²) >= 11 is 5.95. The minimum atomic E-state index is 0.757. The number of fused-ring (bicyclic) bond motifs is 1. The summed E-state index contributed by atoms with van der Waals surface area (Å²) in [5, 5.41) is 4.27. The van der Waals surface area contributed by atoms with Crippen molar-refractivity contribution in [3.8, 4) is 0 Å². The quantitative estimate of drug-likeness (QED) is 0.670. The van der Waals surface area contributed by atoms with Crippen molar-refractivity contribution >= 4 is 17.3 Å². The Morgan fingerprint density at radius 3 is 3.15 bits per heavy atom. The van der Waals surface area contributed by atoms with Crippen molar-refractivity contribution in [2.75, 3.05) is 11.9 Å². The zero-order valence-corrected chi connectivity index (χ0v) is 8.56. The molecule has 0 spiro atoms. The van der Waals surface area contributed by atoms with Gasteiger partial charge in [-0.1, -0.05) is 18.5 Å². The van der Waals surface area contributed by atoms with Gasteiger partial charge in [0.15, 0.2) is 0 Å². The van der Waals surface area contributed by atoms with Gasteiger partial charge in [-0.05, 0) is 42.5 Å². The van der Waals surface area contributed by atoms with E-state index in [9.17, 15) is 0 Å². The van der Waals surface area contributed by atoms with Gasteiger partial charge in [0.1, 0.15) is 0 Å². The smallest absolute Gasteiger partial charge is 0.0410 e. The molecule has 1 aromatic rings. The molecule has 0 aromatic heterocycles. The summed E-state index contributed by atoms with van der Waals surface area (Å²) in [7, 11) is 0. The van der Waals surface area contributed by atoms with Gasteiger partial charge >= 0.3 is 0 Å². The molecule has 1 N–H and O–H groups in total. The van der Waals surface area contributed by atoms with Crippen molar-refractivity contribution < 1.29 is 0 Å². The van der Waals surface area contributed by atoms with Crippen LogP contribution in [0.5, 0.6) is 0 Å². The Morgan fingerprint density at radius 1 is 1.46 bits per heavy atom. The molecule has 0 saturated heterocycles. The fourth-order valence-electron chi connectivity index (χ4n) is 1.83. The third-order valence-electron chi connectivity index (χ3n) is 2.59. The normalized spacial score (nSPS) is 21.5. The van der Waals surface area contributed by atoms with E-state index in [-0.39, 0.29) is 0 Å². The zero-order chi connectivity index (χ0) is 9.26. The largest absolute Gasteiger partial charge is 0.385 e. The van der Waals surface area contributed by atoms with Crippen LogP contribution >= 0.6 is 11.6 Å². The van der Waals surface area contributed by atoms with Crippen LogP contribution in [0.4, 0.5) is 5.69 Å². The van der Waals surface area contributed by atoms with E-state index >= 15 is 0 Å². The van der Waals surface area contributed by atoms with E-state index in [1.54, 1.807) is 0 Å². The minimum Gasteiger partial charge on any atom is -0.385 e. The Balaban J connectivity index is 2.35. The predicted octanol–water partition coefficient (Wildman–Crippen LogP) is 3.33. The molecule has 0 saturated carbocycles. The van der Waals surface area contributed by atoms with Gasteiger partial charge < -0.3 is 5.32 Å². The molecule has 0 amide bonds. The lowest BCUT2D eigenvalue weighted by Crippen LogP contribution is -2.01. The van der Waals surface area contributed by atoms with Gasteiger partial charge in [-0.25, -0.2) is 0 Å². The SMILES string of the molecule is CC1CCNc2ccc(Cl)cc2C1. The van der Waals surface area contributed by atoms with E-state index < -0.39 is 0 Å². The number of halogens is 1. The molecule has 1 aromatic carbocycles. The first-order valence-electron chi connectivity index (χ1n) is 4.78. The van der Waals surface area contributed by atoms with E-state index in [2.05, 4.69) is 24.4 Å². The first-order chi connectivity index (χ1) is 6.25. The van der Waals surface area contributed by atoms with Crippen molar-refractivity contribution in [2.24, 2.45) is 5.92 Å². The Hall–Kier alpha value is -0.690. The van der Waals surface area contributed by atoms with E-state index in [1.807, 2.05) is 6.07 Å². The lowest BCUT2D eigenvalue weighted by Gasteiger charge is -2.07. The molecule has 0 bridgehead atoms. The summed E-state index contributed by atoms with van der Waals surface area (Å²) in [5.41, 5.74) is 2.62. The van der Waals surface area contributed by atoms with Crippen LogP contribution < -0.4 is 5.32 Å². The maximum Gasteiger partial charge on any atom is 0.0410 e. The first-order valence-corrected chi connectivity index (χ1v) is 5.16. The Morgan fingerprint density at radius 2 is 2.31 bits per heavy atom. The van der Waals surface area contributed by atoms with E-state index in [4.69, 9.17) is 11.6 Å². The van der Waals surface area contributed by atoms with Gasteiger partial charge in [0, 0.05) is 17.3 Å². The highest BCUT2D eigenvalue weighted by atomic mass is 35.5. The van der Waals surface area contributed by atoms with Crippen LogP contribution in [-0.4, -0.2) is 6.54 Å². The molecule has 70 valence electrons. The molecule has 2 heteroatoms. The number of anilines is 1. The second kappa shape index (κ2) is 3.59. The number of benzene rings is 1. The second-order valence-corrected chi connectivity index (χ2v) is 4.26. The minimum absolute atomic E-state index is 0.757. The van der Waals surface area contributed by atoms with Crippen molar-refractivity contribution in [2.45, 2.75) is 19.8 Å². The molecule has 1 nitrogen and oxygen atoms in total.